The average molecular weight is 602 g/mol. The molecule has 0 radical (unpaired) electrons. The molecule has 210 valence electrons. The van der Waals surface area contributed by atoms with E-state index in [1.165, 1.54) is 31.4 Å². The number of alkyl halides is 3. The number of halogens is 4. The third-order valence-corrected chi connectivity index (χ3v) is 6.90. The number of hydrogen-bond donors (Lipinski definition) is 1. The van der Waals surface area contributed by atoms with E-state index in [-0.39, 0.29) is 33.7 Å². The number of rotatable bonds is 8. The summed E-state index contributed by atoms with van der Waals surface area (Å²) in [4.78, 5) is 38.5. The smallest absolute Gasteiger partial charge is 0.416 e. The van der Waals surface area contributed by atoms with Crippen molar-refractivity contribution in [2.45, 2.75) is 12.8 Å². The lowest BCUT2D eigenvalue weighted by Gasteiger charge is -2.14. The van der Waals surface area contributed by atoms with Crippen molar-refractivity contribution in [1.82, 2.24) is 4.90 Å². The Labute approximate surface area is 241 Å². The fourth-order valence-corrected chi connectivity index (χ4v) is 4.89. The number of nitrogens with one attached hydrogen (secondary N) is 1. The third-order valence-electron chi connectivity index (χ3n) is 5.71. The van der Waals surface area contributed by atoms with Crippen LogP contribution in [0.5, 0.6) is 11.5 Å². The highest BCUT2D eigenvalue weighted by Crippen LogP contribution is 2.39. The van der Waals surface area contributed by atoms with E-state index in [0.29, 0.717) is 33.4 Å². The molecule has 3 amide bonds. The molecular formula is C28H19ClF3N3O5S. The van der Waals surface area contributed by atoms with Crippen LogP contribution in [0.15, 0.2) is 65.6 Å². The summed E-state index contributed by atoms with van der Waals surface area (Å²) in [6, 6.07) is 16.0. The number of thioether (sulfide) groups is 1. The molecular weight excluding hydrogens is 583 g/mol. The van der Waals surface area contributed by atoms with Crippen LogP contribution in [-0.2, 0) is 22.4 Å². The highest BCUT2D eigenvalue weighted by atomic mass is 35.5. The summed E-state index contributed by atoms with van der Waals surface area (Å²) < 4.78 is 50.0. The Kier molecular flexibility index (Phi) is 8.90. The zero-order chi connectivity index (χ0) is 29.7. The third kappa shape index (κ3) is 7.00. The van der Waals surface area contributed by atoms with Crippen LogP contribution in [0, 0.1) is 11.3 Å². The molecule has 0 aliphatic carbocycles. The van der Waals surface area contributed by atoms with Gasteiger partial charge >= 0.3 is 6.18 Å². The van der Waals surface area contributed by atoms with Crippen molar-refractivity contribution in [1.29, 1.82) is 5.26 Å². The first kappa shape index (κ1) is 29.5. The van der Waals surface area contributed by atoms with Crippen LogP contribution < -0.4 is 14.8 Å². The van der Waals surface area contributed by atoms with E-state index in [4.69, 9.17) is 21.1 Å². The minimum absolute atomic E-state index is 0.00314. The van der Waals surface area contributed by atoms with Gasteiger partial charge in [0.15, 0.2) is 11.5 Å². The molecule has 1 fully saturated rings. The van der Waals surface area contributed by atoms with Crippen molar-refractivity contribution < 1.29 is 37.0 Å². The fraction of sp³-hybridized carbons (Fsp3) is 0.143. The Hall–Kier alpha value is -4.47. The van der Waals surface area contributed by atoms with E-state index in [2.05, 4.69) is 11.4 Å². The number of ether oxygens (including phenoxy) is 2. The van der Waals surface area contributed by atoms with Gasteiger partial charge in [-0.3, -0.25) is 19.3 Å². The van der Waals surface area contributed by atoms with Crippen LogP contribution >= 0.6 is 23.4 Å². The van der Waals surface area contributed by atoms with Gasteiger partial charge in [-0.15, -0.1) is 0 Å². The molecule has 1 saturated heterocycles. The molecule has 3 aromatic carbocycles. The highest BCUT2D eigenvalue weighted by molar-refractivity contribution is 8.18. The summed E-state index contributed by atoms with van der Waals surface area (Å²) >= 11 is 7.02. The summed E-state index contributed by atoms with van der Waals surface area (Å²) in [5, 5.41) is 11.0. The largest absolute Gasteiger partial charge is 0.493 e. The van der Waals surface area contributed by atoms with Crippen molar-refractivity contribution in [3.05, 3.63) is 92.8 Å². The van der Waals surface area contributed by atoms with Gasteiger partial charge in [-0.25, -0.2) is 0 Å². The maximum atomic E-state index is 12.9. The Balaban J connectivity index is 1.47. The predicted molar refractivity (Wildman–Crippen MR) is 146 cm³/mol. The molecule has 3 aromatic rings. The quantitative estimate of drug-likeness (QED) is 0.294. The van der Waals surface area contributed by atoms with Crippen molar-refractivity contribution in [2.75, 3.05) is 19.0 Å². The average Bonchev–Trinajstić information content (AvgIpc) is 3.19. The van der Waals surface area contributed by atoms with Crippen LogP contribution in [0.2, 0.25) is 5.02 Å². The molecule has 1 aliphatic heterocycles. The molecule has 4 rings (SSSR count). The van der Waals surface area contributed by atoms with Crippen LogP contribution in [0.25, 0.3) is 6.08 Å². The Morgan fingerprint density at radius 1 is 1.15 bits per heavy atom. The first-order valence-electron chi connectivity index (χ1n) is 11.7. The lowest BCUT2D eigenvalue weighted by atomic mass is 10.1. The van der Waals surface area contributed by atoms with E-state index in [0.717, 1.165) is 18.2 Å². The SMILES string of the molecule is COc1cc(/C=C2\SC(=O)N(CC(=O)Nc3cccc(C(F)(F)F)c3)C2=O)cc(Cl)c1OCc1ccccc1C#N. The second-order valence-corrected chi connectivity index (χ2v) is 9.89. The lowest BCUT2D eigenvalue weighted by Crippen LogP contribution is -2.36. The van der Waals surface area contributed by atoms with Crippen LogP contribution in [-0.4, -0.2) is 35.6 Å². The molecule has 0 saturated carbocycles. The number of carbonyl (C=O) groups is 3. The van der Waals surface area contributed by atoms with E-state index < -0.39 is 35.3 Å². The van der Waals surface area contributed by atoms with Crippen molar-refractivity contribution in [3.8, 4) is 17.6 Å². The fourth-order valence-electron chi connectivity index (χ4n) is 3.77. The van der Waals surface area contributed by atoms with Gasteiger partial charge in [0.2, 0.25) is 5.91 Å². The molecule has 0 aromatic heterocycles. The van der Waals surface area contributed by atoms with Gasteiger partial charge in [-0.05, 0) is 59.8 Å². The molecule has 8 nitrogen and oxygen atoms in total. The van der Waals surface area contributed by atoms with Crippen LogP contribution in [0.1, 0.15) is 22.3 Å². The Morgan fingerprint density at radius 3 is 2.61 bits per heavy atom. The monoisotopic (exact) mass is 601 g/mol. The zero-order valence-electron chi connectivity index (χ0n) is 21.1. The van der Waals surface area contributed by atoms with Gasteiger partial charge in [0.05, 0.1) is 34.2 Å². The summed E-state index contributed by atoms with van der Waals surface area (Å²) in [6.45, 7) is -0.653. The maximum absolute atomic E-state index is 12.9. The molecule has 1 N–H and O–H groups in total. The van der Waals surface area contributed by atoms with E-state index >= 15 is 0 Å². The van der Waals surface area contributed by atoms with E-state index in [1.807, 2.05) is 0 Å². The van der Waals surface area contributed by atoms with Gasteiger partial charge in [0.1, 0.15) is 13.2 Å². The molecule has 0 atom stereocenters. The summed E-state index contributed by atoms with van der Waals surface area (Å²) in [5.74, 6) is -1.17. The minimum atomic E-state index is -4.60. The van der Waals surface area contributed by atoms with Crippen LogP contribution in [0.4, 0.5) is 23.7 Å². The first-order valence-corrected chi connectivity index (χ1v) is 12.9. The number of nitriles is 1. The van der Waals surface area contributed by atoms with E-state index in [9.17, 15) is 32.8 Å². The lowest BCUT2D eigenvalue weighted by molar-refractivity contribution is -0.137. The highest BCUT2D eigenvalue weighted by Gasteiger charge is 2.36. The molecule has 1 heterocycles. The number of imide groups is 1. The Bertz CT molecular complexity index is 1600. The molecule has 0 bridgehead atoms. The number of benzene rings is 3. The number of anilines is 1. The molecule has 0 unspecified atom stereocenters. The normalized spacial score (nSPS) is 14.2. The van der Waals surface area contributed by atoms with Gasteiger partial charge < -0.3 is 14.8 Å². The standard InChI is InChI=1S/C28H19ClF3N3O5S/c1-39-22-10-16(9-21(29)25(22)40-15-18-6-3-2-5-17(18)13-33)11-23-26(37)35(27(38)41-23)14-24(36)34-20-8-4-7-19(12-20)28(30,31)32/h2-12H,14-15H2,1H3,(H,34,36)/b23-11-. The number of amides is 3. The van der Waals surface area contributed by atoms with E-state index in [1.54, 1.807) is 24.3 Å². The molecule has 13 heteroatoms. The number of methoxy groups -OCH3 is 1. The van der Waals surface area contributed by atoms with Crippen LogP contribution in [0.3, 0.4) is 0 Å². The van der Waals surface area contributed by atoms with Crippen molar-refractivity contribution in [2.24, 2.45) is 0 Å². The van der Waals surface area contributed by atoms with Gasteiger partial charge in [-0.1, -0.05) is 35.9 Å². The number of carbonyl (C=O) groups excluding carboxylic acids is 3. The summed E-state index contributed by atoms with van der Waals surface area (Å²) in [7, 11) is 1.39. The topological polar surface area (TPSA) is 109 Å². The molecule has 0 spiro atoms. The molecule has 41 heavy (non-hydrogen) atoms. The van der Waals surface area contributed by atoms with Gasteiger partial charge in [0.25, 0.3) is 11.1 Å². The Morgan fingerprint density at radius 2 is 1.90 bits per heavy atom. The number of nitrogens with zero attached hydrogens (tertiary/aromatic N) is 2. The van der Waals surface area contributed by atoms with Crippen molar-refractivity contribution >= 4 is 52.2 Å². The van der Waals surface area contributed by atoms with Crippen molar-refractivity contribution in [3.63, 3.8) is 0 Å². The second kappa shape index (κ2) is 12.4. The summed E-state index contributed by atoms with van der Waals surface area (Å²) in [5.41, 5.74) is 0.395. The molecule has 1 aliphatic rings. The number of hydrogen-bond acceptors (Lipinski definition) is 7. The summed E-state index contributed by atoms with van der Waals surface area (Å²) in [6.07, 6.45) is -3.21. The second-order valence-electron chi connectivity index (χ2n) is 8.49. The van der Waals surface area contributed by atoms with Gasteiger partial charge in [0, 0.05) is 11.3 Å². The van der Waals surface area contributed by atoms with Gasteiger partial charge in [-0.2, -0.15) is 18.4 Å². The first-order chi connectivity index (χ1) is 19.5. The maximum Gasteiger partial charge on any atom is 0.416 e. The zero-order valence-corrected chi connectivity index (χ0v) is 22.7. The predicted octanol–water partition coefficient (Wildman–Crippen LogP) is 6.49. The minimum Gasteiger partial charge on any atom is -0.493 e.